The van der Waals surface area contributed by atoms with Crippen molar-refractivity contribution in [3.05, 3.63) is 71.3 Å². The van der Waals surface area contributed by atoms with E-state index in [9.17, 15) is 4.79 Å². The highest BCUT2D eigenvalue weighted by Crippen LogP contribution is 2.19. The topological polar surface area (TPSA) is 59.8 Å². The van der Waals surface area contributed by atoms with Gasteiger partial charge in [0.25, 0.3) is 5.91 Å². The van der Waals surface area contributed by atoms with E-state index in [0.29, 0.717) is 18.7 Å². The van der Waals surface area contributed by atoms with Crippen LogP contribution < -0.4 is 5.32 Å². The van der Waals surface area contributed by atoms with Gasteiger partial charge in [-0.15, -0.1) is 5.10 Å². The predicted molar refractivity (Wildman–Crippen MR) is 107 cm³/mol. The average molecular weight is 360 g/mol. The van der Waals surface area contributed by atoms with E-state index in [4.69, 9.17) is 0 Å². The molecule has 1 amide bonds. The lowest BCUT2D eigenvalue weighted by atomic mass is 9.97. The van der Waals surface area contributed by atoms with Gasteiger partial charge >= 0.3 is 0 Å². The van der Waals surface area contributed by atoms with E-state index in [2.05, 4.69) is 33.8 Å². The number of nitrogens with one attached hydrogen (secondary N) is 1. The van der Waals surface area contributed by atoms with Gasteiger partial charge in [-0.25, -0.2) is 4.68 Å². The number of amides is 1. The van der Waals surface area contributed by atoms with Gasteiger partial charge in [0.15, 0.2) is 0 Å². The quantitative estimate of drug-likeness (QED) is 0.673. The van der Waals surface area contributed by atoms with Crippen molar-refractivity contribution in [3.63, 3.8) is 0 Å². The van der Waals surface area contributed by atoms with Crippen molar-refractivity contribution in [2.45, 2.75) is 38.6 Å². The van der Waals surface area contributed by atoms with Crippen LogP contribution in [0.2, 0.25) is 0 Å². The van der Waals surface area contributed by atoms with E-state index in [1.165, 1.54) is 36.8 Å². The van der Waals surface area contributed by atoms with Gasteiger partial charge in [0.05, 0.1) is 12.1 Å². The van der Waals surface area contributed by atoms with Crippen LogP contribution in [0.5, 0.6) is 0 Å². The second-order valence-corrected chi connectivity index (χ2v) is 7.05. The molecule has 1 N–H and O–H groups in total. The molecule has 0 atom stereocenters. The molecule has 1 aliphatic carbocycles. The molecule has 1 heterocycles. The number of nitrogens with zero attached hydrogens (tertiary/aromatic N) is 3. The Morgan fingerprint density at radius 1 is 1.11 bits per heavy atom. The number of fused-ring (bicyclic) bond motifs is 1. The third-order valence-corrected chi connectivity index (χ3v) is 5.07. The molecular weight excluding hydrogens is 336 g/mol. The first-order chi connectivity index (χ1) is 13.3. The summed E-state index contributed by atoms with van der Waals surface area (Å²) in [5.41, 5.74) is 4.95. The zero-order valence-electron chi connectivity index (χ0n) is 15.4. The van der Waals surface area contributed by atoms with Gasteiger partial charge in [-0.05, 0) is 55.9 Å². The lowest BCUT2D eigenvalue weighted by Gasteiger charge is -2.13. The number of rotatable bonds is 6. The van der Waals surface area contributed by atoms with Crippen molar-refractivity contribution in [3.8, 4) is 0 Å². The Hall–Kier alpha value is -2.95. The van der Waals surface area contributed by atoms with Gasteiger partial charge in [-0.1, -0.05) is 47.2 Å². The summed E-state index contributed by atoms with van der Waals surface area (Å²) >= 11 is 0. The van der Waals surface area contributed by atoms with Crippen LogP contribution in [0.25, 0.3) is 11.0 Å². The minimum atomic E-state index is -0.0501. The summed E-state index contributed by atoms with van der Waals surface area (Å²) in [6.07, 6.45) is 8.19. The Labute approximate surface area is 159 Å². The highest BCUT2D eigenvalue weighted by molar-refractivity contribution is 5.97. The first kappa shape index (κ1) is 17.5. The summed E-state index contributed by atoms with van der Waals surface area (Å²) in [4.78, 5) is 12.4. The average Bonchev–Trinajstić information content (AvgIpc) is 3.11. The van der Waals surface area contributed by atoms with Crippen LogP contribution in [-0.2, 0) is 6.54 Å². The highest BCUT2D eigenvalue weighted by atomic mass is 16.1. The molecule has 4 rings (SSSR count). The van der Waals surface area contributed by atoms with Gasteiger partial charge in [-0.2, -0.15) is 0 Å². The molecular formula is C22H24N4O. The highest BCUT2D eigenvalue weighted by Gasteiger charge is 2.11. The van der Waals surface area contributed by atoms with Crippen LogP contribution in [0, 0.1) is 0 Å². The monoisotopic (exact) mass is 360 g/mol. The third kappa shape index (κ3) is 4.25. The molecule has 27 heavy (non-hydrogen) atoms. The van der Waals surface area contributed by atoms with Gasteiger partial charge in [0.2, 0.25) is 0 Å². The third-order valence-electron chi connectivity index (χ3n) is 5.07. The summed E-state index contributed by atoms with van der Waals surface area (Å²) in [5, 5.41) is 11.5. The van der Waals surface area contributed by atoms with Crippen LogP contribution in [0.3, 0.4) is 0 Å². The maximum Gasteiger partial charge on any atom is 0.251 e. The van der Waals surface area contributed by atoms with Crippen LogP contribution in [0.4, 0.5) is 0 Å². The van der Waals surface area contributed by atoms with E-state index in [0.717, 1.165) is 17.5 Å². The number of allylic oxidation sites excluding steroid dienone is 1. The minimum absolute atomic E-state index is 0.0501. The number of hydrogen-bond acceptors (Lipinski definition) is 3. The first-order valence-electron chi connectivity index (χ1n) is 9.63. The van der Waals surface area contributed by atoms with E-state index in [1.54, 1.807) is 0 Å². The zero-order valence-corrected chi connectivity index (χ0v) is 15.4. The van der Waals surface area contributed by atoms with Crippen molar-refractivity contribution < 1.29 is 4.79 Å². The molecule has 0 unspecified atom stereocenters. The number of benzene rings is 2. The van der Waals surface area contributed by atoms with E-state index in [1.807, 2.05) is 41.1 Å². The van der Waals surface area contributed by atoms with Crippen LogP contribution >= 0.6 is 0 Å². The van der Waals surface area contributed by atoms with Gasteiger partial charge < -0.3 is 5.32 Å². The van der Waals surface area contributed by atoms with Crippen LogP contribution in [-0.4, -0.2) is 27.4 Å². The molecule has 138 valence electrons. The normalized spacial score (nSPS) is 14.1. The number of carbonyl (C=O) groups is 1. The first-order valence-corrected chi connectivity index (χ1v) is 9.63. The molecule has 5 heteroatoms. The van der Waals surface area contributed by atoms with E-state index in [-0.39, 0.29) is 5.91 Å². The fourth-order valence-electron chi connectivity index (χ4n) is 3.56. The Morgan fingerprint density at radius 3 is 2.81 bits per heavy atom. The maximum absolute atomic E-state index is 12.4. The van der Waals surface area contributed by atoms with Gasteiger partial charge in [0, 0.05) is 12.1 Å². The fraction of sp³-hybridized carbons (Fsp3) is 0.318. The Kier molecular flexibility index (Phi) is 5.28. The molecule has 0 aliphatic heterocycles. The Balaban J connectivity index is 1.41. The molecule has 0 fully saturated rings. The number of carbonyl (C=O) groups excluding carboxylic acids is 1. The number of aromatic nitrogens is 3. The molecule has 1 aromatic heterocycles. The van der Waals surface area contributed by atoms with Crippen molar-refractivity contribution in [2.24, 2.45) is 0 Å². The Morgan fingerprint density at radius 2 is 2.00 bits per heavy atom. The molecule has 3 aromatic rings. The van der Waals surface area contributed by atoms with Gasteiger partial charge in [0.1, 0.15) is 5.52 Å². The van der Waals surface area contributed by atoms with E-state index >= 15 is 0 Å². The SMILES string of the molecule is O=C(NCCC1=CCCCC1)c1ccc2c(c1)nnn2Cc1ccccc1. The maximum atomic E-state index is 12.4. The molecule has 5 nitrogen and oxygen atoms in total. The zero-order chi connectivity index (χ0) is 18.5. The lowest BCUT2D eigenvalue weighted by Crippen LogP contribution is -2.24. The van der Waals surface area contributed by atoms with E-state index < -0.39 is 0 Å². The molecule has 0 bridgehead atoms. The van der Waals surface area contributed by atoms with Crippen LogP contribution in [0.15, 0.2) is 60.2 Å². The molecule has 0 saturated carbocycles. The van der Waals surface area contributed by atoms with Crippen molar-refractivity contribution in [1.82, 2.24) is 20.3 Å². The summed E-state index contributed by atoms with van der Waals surface area (Å²) in [6, 6.07) is 15.8. The van der Waals surface area contributed by atoms with Crippen molar-refractivity contribution >= 4 is 16.9 Å². The second kappa shape index (κ2) is 8.16. The standard InChI is InChI=1S/C22H24N4O/c27-22(23-14-13-17-7-3-1-4-8-17)19-11-12-21-20(15-19)24-25-26(21)16-18-9-5-2-6-10-18/h2,5-7,9-12,15H,1,3-4,8,13-14,16H2,(H,23,27). The predicted octanol–water partition coefficient (Wildman–Crippen LogP) is 4.10. The smallest absolute Gasteiger partial charge is 0.251 e. The lowest BCUT2D eigenvalue weighted by molar-refractivity contribution is 0.0954. The molecule has 1 aliphatic rings. The summed E-state index contributed by atoms with van der Waals surface area (Å²) < 4.78 is 1.86. The Bertz CT molecular complexity index is 959. The summed E-state index contributed by atoms with van der Waals surface area (Å²) in [5.74, 6) is -0.0501. The second-order valence-electron chi connectivity index (χ2n) is 7.05. The molecule has 2 aromatic carbocycles. The summed E-state index contributed by atoms with van der Waals surface area (Å²) in [7, 11) is 0. The minimum Gasteiger partial charge on any atom is -0.352 e. The van der Waals surface area contributed by atoms with Crippen molar-refractivity contribution in [1.29, 1.82) is 0 Å². The van der Waals surface area contributed by atoms with Crippen LogP contribution in [0.1, 0.15) is 48.0 Å². The van der Waals surface area contributed by atoms with Crippen molar-refractivity contribution in [2.75, 3.05) is 6.54 Å². The summed E-state index contributed by atoms with van der Waals surface area (Å²) in [6.45, 7) is 1.35. The number of hydrogen-bond donors (Lipinski definition) is 1. The molecule has 0 spiro atoms. The molecule has 0 saturated heterocycles. The largest absolute Gasteiger partial charge is 0.352 e. The molecule has 0 radical (unpaired) electrons. The van der Waals surface area contributed by atoms with Gasteiger partial charge in [-0.3, -0.25) is 4.79 Å². The fourth-order valence-corrected chi connectivity index (χ4v) is 3.56.